The Kier molecular flexibility index (Phi) is 4.74. The summed E-state index contributed by atoms with van der Waals surface area (Å²) in [6.07, 6.45) is 0. The lowest BCUT2D eigenvalue weighted by molar-refractivity contribution is 0.587. The lowest BCUT2D eigenvalue weighted by atomic mass is 10.3. The van der Waals surface area contributed by atoms with E-state index in [0.717, 1.165) is 4.31 Å². The molecule has 0 aliphatic carbocycles. The van der Waals surface area contributed by atoms with Crippen LogP contribution in [-0.4, -0.2) is 33.6 Å². The summed E-state index contributed by atoms with van der Waals surface area (Å²) in [6, 6.07) is 6.29. The molecule has 0 atom stereocenters. The molecule has 0 aliphatic heterocycles. The molecule has 26 heavy (non-hydrogen) atoms. The number of rotatable bonds is 4. The number of H-pyrrole nitrogens is 1. The minimum atomic E-state index is -4.36. The van der Waals surface area contributed by atoms with Crippen molar-refractivity contribution >= 4 is 50.8 Å². The highest BCUT2D eigenvalue weighted by molar-refractivity contribution is 7.93. The first-order valence-electron chi connectivity index (χ1n) is 7.19. The Balaban J connectivity index is 2.33. The van der Waals surface area contributed by atoms with Gasteiger partial charge < -0.3 is 5.73 Å². The molecule has 136 valence electrons. The van der Waals surface area contributed by atoms with Gasteiger partial charge in [-0.25, -0.2) is 15.1 Å². The molecule has 0 unspecified atom stereocenters. The largest absolute Gasteiger partial charge is 0.368 e. The Hall–Kier alpha value is -2.43. The number of aromatic amines is 1. The average molecular weight is 414 g/mol. The standard InChI is InChI=1S/C14H13Cl2N7O2S/c1-7-6-8(2)19-13(18-7)23(11-9(15)4-3-5-10(11)16)26(24,25)14-20-12(17)21-22-14/h3-6H,1-2H3,(H3,17,20,21,22). The molecule has 3 N–H and O–H groups in total. The third-order valence-corrected chi connectivity index (χ3v) is 5.33. The molecule has 0 bridgehead atoms. The molecular weight excluding hydrogens is 401 g/mol. The van der Waals surface area contributed by atoms with Crippen molar-refractivity contribution in [2.24, 2.45) is 0 Å². The van der Waals surface area contributed by atoms with Gasteiger partial charge in [0.25, 0.3) is 5.16 Å². The van der Waals surface area contributed by atoms with Gasteiger partial charge in [0.15, 0.2) is 0 Å². The zero-order valence-electron chi connectivity index (χ0n) is 13.6. The van der Waals surface area contributed by atoms with Crippen molar-refractivity contribution in [3.63, 3.8) is 0 Å². The SMILES string of the molecule is Cc1cc(C)nc(N(c2c(Cl)cccc2Cl)S(=O)(=O)c2n[nH]c(N)n2)n1. The van der Waals surface area contributed by atoms with Gasteiger partial charge >= 0.3 is 10.0 Å². The van der Waals surface area contributed by atoms with E-state index < -0.39 is 15.2 Å². The monoisotopic (exact) mass is 413 g/mol. The second kappa shape index (κ2) is 6.71. The summed E-state index contributed by atoms with van der Waals surface area (Å²) in [7, 11) is -4.36. The number of sulfonamides is 1. The molecule has 3 aromatic rings. The van der Waals surface area contributed by atoms with Gasteiger partial charge in [-0.3, -0.25) is 0 Å². The molecule has 3 rings (SSSR count). The molecule has 0 aliphatic rings. The molecule has 0 radical (unpaired) electrons. The molecule has 0 fully saturated rings. The zero-order chi connectivity index (χ0) is 19.1. The van der Waals surface area contributed by atoms with Crippen LogP contribution in [0.4, 0.5) is 17.6 Å². The topological polar surface area (TPSA) is 131 Å². The first-order chi connectivity index (χ1) is 12.2. The third-order valence-electron chi connectivity index (χ3n) is 3.25. The summed E-state index contributed by atoms with van der Waals surface area (Å²) in [5.41, 5.74) is 6.58. The van der Waals surface area contributed by atoms with Crippen molar-refractivity contribution in [2.75, 3.05) is 10.0 Å². The fourth-order valence-electron chi connectivity index (χ4n) is 2.26. The molecule has 0 saturated carbocycles. The van der Waals surface area contributed by atoms with E-state index in [1.807, 2.05) is 0 Å². The molecule has 12 heteroatoms. The van der Waals surface area contributed by atoms with Crippen molar-refractivity contribution in [1.29, 1.82) is 0 Å². The van der Waals surface area contributed by atoms with Gasteiger partial charge in [-0.05, 0) is 32.0 Å². The van der Waals surface area contributed by atoms with Crippen LogP contribution in [0.2, 0.25) is 10.0 Å². The van der Waals surface area contributed by atoms with E-state index in [0.29, 0.717) is 11.4 Å². The number of halogens is 2. The molecule has 0 amide bonds. The minimum Gasteiger partial charge on any atom is -0.368 e. The van der Waals surface area contributed by atoms with Crippen molar-refractivity contribution in [1.82, 2.24) is 25.1 Å². The Labute approximate surface area is 159 Å². The normalized spacial score (nSPS) is 11.5. The number of aromatic nitrogens is 5. The summed E-state index contributed by atoms with van der Waals surface area (Å²) in [5.74, 6) is -0.295. The number of aryl methyl sites for hydroxylation is 2. The van der Waals surface area contributed by atoms with Crippen LogP contribution in [0.15, 0.2) is 29.4 Å². The van der Waals surface area contributed by atoms with Crippen molar-refractivity contribution in [3.05, 3.63) is 45.7 Å². The number of hydrogen-bond donors (Lipinski definition) is 2. The van der Waals surface area contributed by atoms with Crippen LogP contribution in [0.5, 0.6) is 0 Å². The van der Waals surface area contributed by atoms with Crippen LogP contribution in [0, 0.1) is 13.8 Å². The lowest BCUT2D eigenvalue weighted by Gasteiger charge is -2.23. The predicted molar refractivity (Wildman–Crippen MR) is 98.1 cm³/mol. The Morgan fingerprint density at radius 1 is 1.08 bits per heavy atom. The Morgan fingerprint density at radius 2 is 1.65 bits per heavy atom. The zero-order valence-corrected chi connectivity index (χ0v) is 15.9. The maximum Gasteiger partial charge on any atom is 0.308 e. The first kappa shape index (κ1) is 18.4. The number of anilines is 3. The van der Waals surface area contributed by atoms with E-state index >= 15 is 0 Å². The lowest BCUT2D eigenvalue weighted by Crippen LogP contribution is -2.30. The molecule has 9 nitrogen and oxygen atoms in total. The van der Waals surface area contributed by atoms with Gasteiger partial charge in [-0.1, -0.05) is 29.3 Å². The smallest absolute Gasteiger partial charge is 0.308 e. The van der Waals surface area contributed by atoms with Gasteiger partial charge in [0, 0.05) is 11.4 Å². The number of nitrogen functional groups attached to an aromatic ring is 1. The summed E-state index contributed by atoms with van der Waals surface area (Å²) in [6.45, 7) is 3.42. The number of benzene rings is 1. The molecule has 2 aromatic heterocycles. The Morgan fingerprint density at radius 3 is 2.15 bits per heavy atom. The summed E-state index contributed by atoms with van der Waals surface area (Å²) >= 11 is 12.5. The van der Waals surface area contributed by atoms with E-state index in [-0.39, 0.29) is 27.6 Å². The van der Waals surface area contributed by atoms with Gasteiger partial charge in [0.2, 0.25) is 11.9 Å². The van der Waals surface area contributed by atoms with Crippen molar-refractivity contribution in [2.45, 2.75) is 19.0 Å². The van der Waals surface area contributed by atoms with Crippen molar-refractivity contribution < 1.29 is 8.42 Å². The number of hydrogen-bond acceptors (Lipinski definition) is 7. The first-order valence-corrected chi connectivity index (χ1v) is 9.39. The van der Waals surface area contributed by atoms with Crippen molar-refractivity contribution in [3.8, 4) is 0 Å². The highest BCUT2D eigenvalue weighted by Gasteiger charge is 2.35. The van der Waals surface area contributed by atoms with E-state index in [1.54, 1.807) is 26.0 Å². The minimum absolute atomic E-state index is 0.01000. The van der Waals surface area contributed by atoms with Crippen LogP contribution in [-0.2, 0) is 10.0 Å². The molecule has 2 heterocycles. The maximum absolute atomic E-state index is 13.2. The molecular formula is C14H13Cl2N7O2S. The van der Waals surface area contributed by atoms with Gasteiger partial charge in [0.1, 0.15) is 0 Å². The predicted octanol–water partition coefficient (Wildman–Crippen LogP) is 2.63. The number of para-hydroxylation sites is 1. The fourth-order valence-corrected chi connectivity index (χ4v) is 4.20. The molecule has 0 spiro atoms. The number of nitrogens with two attached hydrogens (primary N) is 1. The quantitative estimate of drug-likeness (QED) is 0.671. The summed E-state index contributed by atoms with van der Waals surface area (Å²) < 4.78 is 27.2. The summed E-state index contributed by atoms with van der Waals surface area (Å²) in [5, 5.41) is 5.54. The Bertz CT molecular complexity index is 1040. The number of nitrogens with one attached hydrogen (secondary N) is 1. The fraction of sp³-hybridized carbons (Fsp3) is 0.143. The second-order valence-corrected chi connectivity index (χ2v) is 7.79. The third kappa shape index (κ3) is 3.30. The number of nitrogens with zero attached hydrogens (tertiary/aromatic N) is 5. The van der Waals surface area contributed by atoms with E-state index in [1.165, 1.54) is 12.1 Å². The second-order valence-electron chi connectivity index (χ2n) is 5.29. The maximum atomic E-state index is 13.2. The summed E-state index contributed by atoms with van der Waals surface area (Å²) in [4.78, 5) is 12.1. The van der Waals surface area contributed by atoms with E-state index in [2.05, 4.69) is 25.1 Å². The molecule has 0 saturated heterocycles. The van der Waals surface area contributed by atoms with Crippen LogP contribution in [0.1, 0.15) is 11.4 Å². The van der Waals surface area contributed by atoms with Gasteiger partial charge in [-0.15, -0.1) is 5.10 Å². The van der Waals surface area contributed by atoms with Crippen LogP contribution < -0.4 is 10.0 Å². The highest BCUT2D eigenvalue weighted by atomic mass is 35.5. The van der Waals surface area contributed by atoms with Gasteiger partial charge in [0.05, 0.1) is 15.7 Å². The van der Waals surface area contributed by atoms with Crippen LogP contribution >= 0.6 is 23.2 Å². The van der Waals surface area contributed by atoms with E-state index in [9.17, 15) is 8.42 Å². The van der Waals surface area contributed by atoms with Gasteiger partial charge in [-0.2, -0.15) is 17.7 Å². The van der Waals surface area contributed by atoms with Crippen LogP contribution in [0.3, 0.4) is 0 Å². The van der Waals surface area contributed by atoms with E-state index in [4.69, 9.17) is 28.9 Å². The highest BCUT2D eigenvalue weighted by Crippen LogP contribution is 2.40. The molecule has 1 aromatic carbocycles. The average Bonchev–Trinajstić information content (AvgIpc) is 2.97. The van der Waals surface area contributed by atoms with Crippen LogP contribution in [0.25, 0.3) is 0 Å².